The highest BCUT2D eigenvalue weighted by molar-refractivity contribution is 5.93. The second-order valence-electron chi connectivity index (χ2n) is 7.64. The van der Waals surface area contributed by atoms with E-state index in [1.165, 1.54) is 12.8 Å². The predicted molar refractivity (Wildman–Crippen MR) is 113 cm³/mol. The first-order valence-electron chi connectivity index (χ1n) is 9.82. The fourth-order valence-corrected chi connectivity index (χ4v) is 4.05. The van der Waals surface area contributed by atoms with Crippen LogP contribution in [-0.4, -0.2) is 53.1 Å². The van der Waals surface area contributed by atoms with Crippen LogP contribution in [0.1, 0.15) is 25.7 Å². The molecule has 2 aromatic heterocycles. The SMILES string of the molecule is COc1cnccc1-c1ccc2ncnc(N[C@H]3CC[C@H](N(C)C)CC3)c2c1. The van der Waals surface area contributed by atoms with Crippen LogP contribution in [0.5, 0.6) is 5.75 Å². The van der Waals surface area contributed by atoms with E-state index in [9.17, 15) is 0 Å². The molecule has 0 aliphatic heterocycles. The summed E-state index contributed by atoms with van der Waals surface area (Å²) < 4.78 is 5.48. The van der Waals surface area contributed by atoms with Crippen molar-refractivity contribution in [2.24, 2.45) is 0 Å². The lowest BCUT2D eigenvalue weighted by atomic mass is 9.90. The number of hydrogen-bond donors (Lipinski definition) is 1. The van der Waals surface area contributed by atoms with Crippen LogP contribution < -0.4 is 10.1 Å². The van der Waals surface area contributed by atoms with Crippen molar-refractivity contribution < 1.29 is 4.74 Å². The molecule has 0 bridgehead atoms. The summed E-state index contributed by atoms with van der Waals surface area (Å²) in [6.07, 6.45) is 9.91. The molecule has 1 fully saturated rings. The molecule has 146 valence electrons. The van der Waals surface area contributed by atoms with Crippen LogP contribution in [-0.2, 0) is 0 Å². The summed E-state index contributed by atoms with van der Waals surface area (Å²) in [5.41, 5.74) is 3.03. The Morgan fingerprint density at radius 2 is 1.89 bits per heavy atom. The van der Waals surface area contributed by atoms with Gasteiger partial charge in [0.15, 0.2) is 0 Å². The molecule has 6 nitrogen and oxygen atoms in total. The zero-order valence-electron chi connectivity index (χ0n) is 16.7. The number of methoxy groups -OCH3 is 1. The van der Waals surface area contributed by atoms with Gasteiger partial charge >= 0.3 is 0 Å². The van der Waals surface area contributed by atoms with Gasteiger partial charge in [-0.05, 0) is 63.5 Å². The van der Waals surface area contributed by atoms with Gasteiger partial charge in [0.2, 0.25) is 0 Å². The number of nitrogens with one attached hydrogen (secondary N) is 1. The van der Waals surface area contributed by atoms with Crippen molar-refractivity contribution in [3.63, 3.8) is 0 Å². The third-order valence-electron chi connectivity index (χ3n) is 5.72. The monoisotopic (exact) mass is 377 g/mol. The Labute approximate surface area is 166 Å². The standard InChI is InChI=1S/C22H27N5O/c1-27(2)17-7-5-16(6-8-17)26-22-19-12-15(4-9-20(19)24-14-25-22)18-10-11-23-13-21(18)28-3/h4,9-14,16-17H,5-8H2,1-3H3,(H,24,25,26)/t16-,17-. The summed E-state index contributed by atoms with van der Waals surface area (Å²) in [6.45, 7) is 0. The topological polar surface area (TPSA) is 63.2 Å². The van der Waals surface area contributed by atoms with E-state index in [0.717, 1.165) is 46.4 Å². The van der Waals surface area contributed by atoms with Gasteiger partial charge in [0.05, 0.1) is 18.8 Å². The molecule has 0 saturated heterocycles. The minimum atomic E-state index is 0.452. The first-order valence-corrected chi connectivity index (χ1v) is 9.82. The number of rotatable bonds is 5. The smallest absolute Gasteiger partial charge is 0.144 e. The fraction of sp³-hybridized carbons (Fsp3) is 0.409. The minimum absolute atomic E-state index is 0.452. The predicted octanol–water partition coefficient (Wildman–Crippen LogP) is 3.99. The summed E-state index contributed by atoms with van der Waals surface area (Å²) in [5.74, 6) is 1.67. The number of anilines is 1. The van der Waals surface area contributed by atoms with Crippen LogP contribution >= 0.6 is 0 Å². The van der Waals surface area contributed by atoms with Crippen molar-refractivity contribution in [3.8, 4) is 16.9 Å². The van der Waals surface area contributed by atoms with Crippen LogP contribution in [0, 0.1) is 0 Å². The molecule has 1 aliphatic rings. The Morgan fingerprint density at radius 1 is 1.07 bits per heavy atom. The van der Waals surface area contributed by atoms with Crippen LogP contribution in [0.4, 0.5) is 5.82 Å². The molecule has 0 amide bonds. The van der Waals surface area contributed by atoms with Gasteiger partial charge in [0, 0.05) is 29.2 Å². The number of pyridine rings is 1. The molecule has 1 N–H and O–H groups in total. The molecule has 1 saturated carbocycles. The summed E-state index contributed by atoms with van der Waals surface area (Å²) in [7, 11) is 6.01. The van der Waals surface area contributed by atoms with Gasteiger partial charge < -0.3 is 15.0 Å². The lowest BCUT2D eigenvalue weighted by molar-refractivity contribution is 0.221. The molecule has 6 heteroatoms. The summed E-state index contributed by atoms with van der Waals surface area (Å²) >= 11 is 0. The minimum Gasteiger partial charge on any atom is -0.494 e. The van der Waals surface area contributed by atoms with E-state index in [2.05, 4.69) is 51.4 Å². The van der Waals surface area contributed by atoms with Gasteiger partial charge in [0.25, 0.3) is 0 Å². The lowest BCUT2D eigenvalue weighted by Gasteiger charge is -2.33. The van der Waals surface area contributed by atoms with E-state index < -0.39 is 0 Å². The van der Waals surface area contributed by atoms with Crippen molar-refractivity contribution in [1.82, 2.24) is 19.9 Å². The van der Waals surface area contributed by atoms with Crippen molar-refractivity contribution >= 4 is 16.7 Å². The number of ether oxygens (including phenoxy) is 1. The quantitative estimate of drug-likeness (QED) is 0.725. The summed E-state index contributed by atoms with van der Waals surface area (Å²) in [4.78, 5) is 15.5. The van der Waals surface area contributed by atoms with Crippen LogP contribution in [0.25, 0.3) is 22.0 Å². The van der Waals surface area contributed by atoms with E-state index in [4.69, 9.17) is 4.74 Å². The van der Waals surface area contributed by atoms with Crippen LogP contribution in [0.3, 0.4) is 0 Å². The first-order chi connectivity index (χ1) is 13.7. The van der Waals surface area contributed by atoms with Crippen molar-refractivity contribution in [1.29, 1.82) is 0 Å². The van der Waals surface area contributed by atoms with Crippen molar-refractivity contribution in [2.45, 2.75) is 37.8 Å². The average Bonchev–Trinajstić information content (AvgIpc) is 2.74. The van der Waals surface area contributed by atoms with E-state index >= 15 is 0 Å². The second-order valence-corrected chi connectivity index (χ2v) is 7.64. The Morgan fingerprint density at radius 3 is 2.64 bits per heavy atom. The molecule has 2 heterocycles. The highest BCUT2D eigenvalue weighted by Gasteiger charge is 2.23. The van der Waals surface area contributed by atoms with Gasteiger partial charge in [-0.2, -0.15) is 0 Å². The zero-order chi connectivity index (χ0) is 19.5. The molecule has 0 radical (unpaired) electrons. The van der Waals surface area contributed by atoms with Gasteiger partial charge in [-0.25, -0.2) is 9.97 Å². The molecular formula is C22H27N5O. The lowest BCUT2D eigenvalue weighted by Crippen LogP contribution is -2.36. The number of benzene rings is 1. The average molecular weight is 377 g/mol. The third-order valence-corrected chi connectivity index (χ3v) is 5.72. The first kappa shape index (κ1) is 18.6. The Kier molecular flexibility index (Phi) is 5.39. The maximum atomic E-state index is 5.48. The van der Waals surface area contributed by atoms with E-state index in [-0.39, 0.29) is 0 Å². The number of aromatic nitrogens is 3. The van der Waals surface area contributed by atoms with Gasteiger partial charge in [-0.15, -0.1) is 0 Å². The molecule has 4 rings (SSSR count). The Hall–Kier alpha value is -2.73. The maximum Gasteiger partial charge on any atom is 0.144 e. The molecule has 28 heavy (non-hydrogen) atoms. The molecule has 3 aromatic rings. The van der Waals surface area contributed by atoms with E-state index in [1.807, 2.05) is 12.1 Å². The van der Waals surface area contributed by atoms with Crippen molar-refractivity contribution in [3.05, 3.63) is 43.0 Å². The van der Waals surface area contributed by atoms with Crippen molar-refractivity contribution in [2.75, 3.05) is 26.5 Å². The van der Waals surface area contributed by atoms with E-state index in [1.54, 1.807) is 25.8 Å². The summed E-state index contributed by atoms with van der Waals surface area (Å²) in [6, 6.07) is 9.36. The zero-order valence-corrected chi connectivity index (χ0v) is 16.7. The van der Waals surface area contributed by atoms with Crippen LogP contribution in [0.2, 0.25) is 0 Å². The normalized spacial score (nSPS) is 19.7. The maximum absolute atomic E-state index is 5.48. The molecule has 0 atom stereocenters. The van der Waals surface area contributed by atoms with E-state index in [0.29, 0.717) is 12.1 Å². The number of hydrogen-bond acceptors (Lipinski definition) is 6. The number of nitrogens with zero attached hydrogens (tertiary/aromatic N) is 4. The van der Waals surface area contributed by atoms with Crippen LogP contribution in [0.15, 0.2) is 43.0 Å². The van der Waals surface area contributed by atoms with Gasteiger partial charge in [0.1, 0.15) is 17.9 Å². The Bertz CT molecular complexity index is 951. The molecule has 0 unspecified atom stereocenters. The van der Waals surface area contributed by atoms with Gasteiger partial charge in [-0.1, -0.05) is 6.07 Å². The number of fused-ring (bicyclic) bond motifs is 1. The molecule has 1 aromatic carbocycles. The largest absolute Gasteiger partial charge is 0.494 e. The molecule has 0 spiro atoms. The third kappa shape index (κ3) is 3.78. The highest BCUT2D eigenvalue weighted by atomic mass is 16.5. The second kappa shape index (κ2) is 8.10. The highest BCUT2D eigenvalue weighted by Crippen LogP contribution is 2.33. The Balaban J connectivity index is 1.63. The van der Waals surface area contributed by atoms with Gasteiger partial charge in [-0.3, -0.25) is 4.98 Å². The molecule has 1 aliphatic carbocycles. The summed E-state index contributed by atoms with van der Waals surface area (Å²) in [5, 5.41) is 4.71. The molecular weight excluding hydrogens is 350 g/mol. The fourth-order valence-electron chi connectivity index (χ4n) is 4.05.